The number of aliphatic hydroxyl groups excluding tert-OH is 1. The number of aliphatic carboxylic acids is 1. The minimum Gasteiger partial charge on any atom is -0.508 e. The van der Waals surface area contributed by atoms with E-state index in [1.165, 1.54) is 43.3 Å². The smallest absolute Gasteiger partial charge is 0.326 e. The van der Waals surface area contributed by atoms with Crippen molar-refractivity contribution in [2.75, 3.05) is 0 Å². The van der Waals surface area contributed by atoms with Crippen LogP contribution in [0.3, 0.4) is 0 Å². The van der Waals surface area contributed by atoms with Gasteiger partial charge in [-0.15, -0.1) is 0 Å². The number of hydrogen-bond donors (Lipinski definition) is 9. The molecule has 0 saturated heterocycles. The SMILES string of the molecule is C[C@@H](O)[C@H](NC(=O)[C@H](CC(N)=O)NC(=O)[C@@H](N)Cc1ccc(O)cc1)C(=O)N[C@@H](Cc1ccc(O)cc1)C(=O)O. The molecule has 14 heteroatoms. The summed E-state index contributed by atoms with van der Waals surface area (Å²) >= 11 is 0. The molecule has 0 heterocycles. The van der Waals surface area contributed by atoms with Crippen LogP contribution in [-0.4, -0.2) is 80.3 Å². The van der Waals surface area contributed by atoms with Crippen molar-refractivity contribution < 1.29 is 44.4 Å². The first-order chi connectivity index (χ1) is 18.8. The van der Waals surface area contributed by atoms with Gasteiger partial charge in [0.25, 0.3) is 0 Å². The molecule has 0 spiro atoms. The van der Waals surface area contributed by atoms with Gasteiger partial charge in [0.2, 0.25) is 23.6 Å². The highest BCUT2D eigenvalue weighted by Gasteiger charge is 2.33. The Labute approximate surface area is 229 Å². The van der Waals surface area contributed by atoms with Crippen molar-refractivity contribution in [3.8, 4) is 11.5 Å². The molecule has 0 aromatic heterocycles. The average molecular weight is 560 g/mol. The van der Waals surface area contributed by atoms with Crippen LogP contribution < -0.4 is 27.4 Å². The zero-order chi connectivity index (χ0) is 30.0. The molecule has 0 fully saturated rings. The summed E-state index contributed by atoms with van der Waals surface area (Å²) in [6.07, 6.45) is -2.29. The van der Waals surface area contributed by atoms with E-state index >= 15 is 0 Å². The number of hydrogen-bond acceptors (Lipinski definition) is 9. The molecule has 0 unspecified atom stereocenters. The molecule has 0 bridgehead atoms. The van der Waals surface area contributed by atoms with E-state index in [1.807, 2.05) is 0 Å². The van der Waals surface area contributed by atoms with Crippen LogP contribution >= 0.6 is 0 Å². The maximum absolute atomic E-state index is 13.0. The highest BCUT2D eigenvalue weighted by Crippen LogP contribution is 2.13. The van der Waals surface area contributed by atoms with Crippen LogP contribution in [0.5, 0.6) is 11.5 Å². The monoisotopic (exact) mass is 559 g/mol. The number of nitrogens with one attached hydrogen (secondary N) is 3. The number of carbonyl (C=O) groups excluding carboxylic acids is 4. The summed E-state index contributed by atoms with van der Waals surface area (Å²) in [5.74, 6) is -5.25. The van der Waals surface area contributed by atoms with E-state index in [0.717, 1.165) is 0 Å². The Bertz CT molecular complexity index is 1200. The number of amides is 4. The lowest BCUT2D eigenvalue weighted by atomic mass is 10.0. The highest BCUT2D eigenvalue weighted by molar-refractivity contribution is 5.96. The molecule has 14 nitrogen and oxygen atoms in total. The van der Waals surface area contributed by atoms with Crippen molar-refractivity contribution in [2.45, 2.75) is 56.5 Å². The van der Waals surface area contributed by atoms with Gasteiger partial charge in [-0.25, -0.2) is 4.79 Å². The van der Waals surface area contributed by atoms with Gasteiger partial charge in [-0.3, -0.25) is 19.2 Å². The van der Waals surface area contributed by atoms with Gasteiger partial charge in [0.05, 0.1) is 18.6 Å². The largest absolute Gasteiger partial charge is 0.508 e. The van der Waals surface area contributed by atoms with Crippen molar-refractivity contribution in [3.05, 3.63) is 59.7 Å². The van der Waals surface area contributed by atoms with Gasteiger partial charge in [0, 0.05) is 6.42 Å². The van der Waals surface area contributed by atoms with Crippen LogP contribution in [0.15, 0.2) is 48.5 Å². The van der Waals surface area contributed by atoms with Crippen LogP contribution in [0.25, 0.3) is 0 Å². The van der Waals surface area contributed by atoms with E-state index in [4.69, 9.17) is 11.5 Å². The van der Waals surface area contributed by atoms with E-state index in [1.54, 1.807) is 12.1 Å². The van der Waals surface area contributed by atoms with Crippen LogP contribution in [0.1, 0.15) is 24.5 Å². The molecule has 2 aromatic carbocycles. The molecule has 2 rings (SSSR count). The third-order valence-corrected chi connectivity index (χ3v) is 5.82. The van der Waals surface area contributed by atoms with Crippen LogP contribution in [0.4, 0.5) is 0 Å². The molecule has 0 saturated carbocycles. The molecule has 0 radical (unpaired) electrons. The Morgan fingerprint density at radius 3 is 1.68 bits per heavy atom. The van der Waals surface area contributed by atoms with E-state index < -0.39 is 66.3 Å². The summed E-state index contributed by atoms with van der Waals surface area (Å²) in [6.45, 7) is 1.18. The van der Waals surface area contributed by atoms with Crippen molar-refractivity contribution in [1.29, 1.82) is 0 Å². The first-order valence-corrected chi connectivity index (χ1v) is 12.2. The molecule has 0 aliphatic heterocycles. The summed E-state index contributed by atoms with van der Waals surface area (Å²) in [5.41, 5.74) is 12.2. The molecule has 216 valence electrons. The first kappa shape index (κ1) is 31.5. The standard InChI is InChI=1S/C26H33N5O9/c1-13(32)22(25(38)30-20(26(39)40)11-15-4-8-17(34)9-5-15)31-24(37)19(12-21(28)35)29-23(36)18(27)10-14-2-6-16(33)7-3-14/h2-9,13,18-20,22,32-34H,10-12,27H2,1H3,(H2,28,35)(H,29,36)(H,30,38)(H,31,37)(H,39,40)/t13-,18+,19+,20+,22+/m1/s1. The zero-order valence-corrected chi connectivity index (χ0v) is 21.6. The minimum absolute atomic E-state index is 0.0201. The normalized spacial score (nSPS) is 14.6. The second kappa shape index (κ2) is 14.5. The molecule has 2 aromatic rings. The molecular formula is C26H33N5O9. The van der Waals surface area contributed by atoms with E-state index in [2.05, 4.69) is 16.0 Å². The molecule has 0 aliphatic rings. The number of carbonyl (C=O) groups is 5. The summed E-state index contributed by atoms with van der Waals surface area (Å²) in [4.78, 5) is 61.8. The zero-order valence-electron chi connectivity index (χ0n) is 21.6. The molecule has 5 atom stereocenters. The molecular weight excluding hydrogens is 526 g/mol. The predicted octanol–water partition coefficient (Wildman–Crippen LogP) is -1.99. The fourth-order valence-electron chi connectivity index (χ4n) is 3.66. The third-order valence-electron chi connectivity index (χ3n) is 5.82. The fraction of sp³-hybridized carbons (Fsp3) is 0.346. The maximum Gasteiger partial charge on any atom is 0.326 e. The van der Waals surface area contributed by atoms with Gasteiger partial charge in [-0.05, 0) is 48.7 Å². The van der Waals surface area contributed by atoms with Gasteiger partial charge in [0.15, 0.2) is 0 Å². The number of rotatable bonds is 14. The van der Waals surface area contributed by atoms with E-state index in [9.17, 15) is 44.4 Å². The van der Waals surface area contributed by atoms with Crippen molar-refractivity contribution in [3.63, 3.8) is 0 Å². The Kier molecular flexibility index (Phi) is 11.4. The molecule has 4 amide bonds. The number of benzene rings is 2. The second-order valence-corrected chi connectivity index (χ2v) is 9.21. The second-order valence-electron chi connectivity index (χ2n) is 9.21. The minimum atomic E-state index is -1.66. The number of nitrogens with two attached hydrogens (primary N) is 2. The summed E-state index contributed by atoms with van der Waals surface area (Å²) < 4.78 is 0. The van der Waals surface area contributed by atoms with Crippen LogP contribution in [0.2, 0.25) is 0 Å². The lowest BCUT2D eigenvalue weighted by molar-refractivity contribution is -0.143. The topological polar surface area (TPSA) is 254 Å². The quantitative estimate of drug-likeness (QED) is 0.123. The number of carboxylic acids is 1. The first-order valence-electron chi connectivity index (χ1n) is 12.2. The Morgan fingerprint density at radius 2 is 1.23 bits per heavy atom. The van der Waals surface area contributed by atoms with Crippen LogP contribution in [0, 0.1) is 0 Å². The maximum atomic E-state index is 13.0. The summed E-state index contributed by atoms with van der Waals surface area (Å²) in [7, 11) is 0. The molecule has 0 aliphatic carbocycles. The fourth-order valence-corrected chi connectivity index (χ4v) is 3.66. The summed E-state index contributed by atoms with van der Waals surface area (Å²) in [5, 5.41) is 45.3. The van der Waals surface area contributed by atoms with E-state index in [-0.39, 0.29) is 24.3 Å². The summed E-state index contributed by atoms with van der Waals surface area (Å²) in [6, 6.07) is 5.72. The van der Waals surface area contributed by atoms with Crippen molar-refractivity contribution >= 4 is 29.6 Å². The number of primary amides is 1. The Morgan fingerprint density at radius 1 is 0.750 bits per heavy atom. The number of aromatic hydroxyl groups is 2. The van der Waals surface area contributed by atoms with Crippen molar-refractivity contribution in [1.82, 2.24) is 16.0 Å². The average Bonchev–Trinajstić information content (AvgIpc) is 2.88. The number of phenolic OH excluding ortho intramolecular Hbond substituents is 2. The third kappa shape index (κ3) is 9.89. The number of aliphatic hydroxyl groups is 1. The molecule has 40 heavy (non-hydrogen) atoms. The van der Waals surface area contributed by atoms with Gasteiger partial charge in [0.1, 0.15) is 29.6 Å². The van der Waals surface area contributed by atoms with Crippen molar-refractivity contribution in [2.24, 2.45) is 11.5 Å². The highest BCUT2D eigenvalue weighted by atomic mass is 16.4. The Hall–Kier alpha value is -4.69. The van der Waals surface area contributed by atoms with Gasteiger partial charge < -0.3 is 47.8 Å². The van der Waals surface area contributed by atoms with Crippen LogP contribution in [-0.2, 0) is 36.8 Å². The number of phenols is 2. The lowest BCUT2D eigenvalue weighted by Crippen LogP contribution is -2.60. The van der Waals surface area contributed by atoms with Gasteiger partial charge in [-0.2, -0.15) is 0 Å². The molecule has 11 N–H and O–H groups in total. The Balaban J connectivity index is 2.10. The van der Waals surface area contributed by atoms with E-state index in [0.29, 0.717) is 11.1 Å². The van der Waals surface area contributed by atoms with Gasteiger partial charge >= 0.3 is 5.97 Å². The lowest BCUT2D eigenvalue weighted by Gasteiger charge is -2.26. The van der Waals surface area contributed by atoms with Gasteiger partial charge in [-0.1, -0.05) is 24.3 Å². The predicted molar refractivity (Wildman–Crippen MR) is 141 cm³/mol. The number of carboxylic acid groups (broad SMARTS) is 1.